The Hall–Kier alpha value is -1.60. The molecule has 1 amide bonds. The molecule has 0 bridgehead atoms. The van der Waals surface area contributed by atoms with E-state index in [0.717, 1.165) is 0 Å². The summed E-state index contributed by atoms with van der Waals surface area (Å²) in [6, 6.07) is 4.85. The number of carbonyl (C=O) groups excluding carboxylic acids is 1. The summed E-state index contributed by atoms with van der Waals surface area (Å²) in [6.45, 7) is 3.99. The van der Waals surface area contributed by atoms with Gasteiger partial charge in [0.25, 0.3) is 0 Å². The normalized spacial score (nSPS) is 23.2. The fraction of sp³-hybridized carbons (Fsp3) is 0.500. The molecule has 0 radical (unpaired) electrons. The van der Waals surface area contributed by atoms with Crippen LogP contribution >= 0.6 is 0 Å². The number of hydrogen-bond donors (Lipinski definition) is 2. The first-order valence-electron chi connectivity index (χ1n) is 6.80. The maximum atomic E-state index is 12.7. The summed E-state index contributed by atoms with van der Waals surface area (Å²) in [6.07, 6.45) is 0.507. The minimum Gasteiger partial charge on any atom is -0.398 e. The highest BCUT2D eigenvalue weighted by atomic mass is 32.2. The van der Waals surface area contributed by atoms with Crippen LogP contribution in [0.15, 0.2) is 23.1 Å². The van der Waals surface area contributed by atoms with Crippen molar-refractivity contribution in [2.45, 2.75) is 25.2 Å². The summed E-state index contributed by atoms with van der Waals surface area (Å²) in [7, 11) is -2.07. The molecule has 1 aromatic carbocycles. The monoisotopic (exact) mass is 311 g/mol. The quantitative estimate of drug-likeness (QED) is 0.805. The van der Waals surface area contributed by atoms with E-state index in [0.29, 0.717) is 24.2 Å². The van der Waals surface area contributed by atoms with Crippen molar-refractivity contribution in [2.24, 2.45) is 5.41 Å². The topological polar surface area (TPSA) is 92.5 Å². The average molecular weight is 311 g/mol. The minimum atomic E-state index is -3.63. The zero-order valence-corrected chi connectivity index (χ0v) is 13.3. The summed E-state index contributed by atoms with van der Waals surface area (Å²) in [5.74, 6) is -0.135. The van der Waals surface area contributed by atoms with E-state index < -0.39 is 15.4 Å². The van der Waals surface area contributed by atoms with Crippen molar-refractivity contribution in [1.29, 1.82) is 0 Å². The molecule has 1 aromatic rings. The van der Waals surface area contributed by atoms with Crippen molar-refractivity contribution in [3.63, 3.8) is 0 Å². The van der Waals surface area contributed by atoms with Crippen molar-refractivity contribution in [1.82, 2.24) is 9.62 Å². The first-order valence-corrected chi connectivity index (χ1v) is 8.24. The molecular weight excluding hydrogens is 290 g/mol. The lowest BCUT2D eigenvalue weighted by molar-refractivity contribution is -0.128. The second kappa shape index (κ2) is 5.31. The molecule has 3 N–H and O–H groups in total. The molecule has 0 aliphatic carbocycles. The number of nitrogen functional groups attached to an aromatic ring is 1. The number of amides is 1. The van der Waals surface area contributed by atoms with Gasteiger partial charge in [-0.3, -0.25) is 4.79 Å². The van der Waals surface area contributed by atoms with Crippen LogP contribution < -0.4 is 11.1 Å². The molecule has 21 heavy (non-hydrogen) atoms. The number of nitrogens with one attached hydrogen (secondary N) is 1. The first kappa shape index (κ1) is 15.8. The average Bonchev–Trinajstić information content (AvgIpc) is 2.85. The summed E-state index contributed by atoms with van der Waals surface area (Å²) >= 11 is 0. The molecule has 1 unspecified atom stereocenters. The SMILES string of the molecule is CNC(=O)C1(C)CCN(S(=O)(=O)c2cccc(N)c2C)C1. The number of hydrogen-bond acceptors (Lipinski definition) is 4. The van der Waals surface area contributed by atoms with E-state index in [1.807, 2.05) is 0 Å². The summed E-state index contributed by atoms with van der Waals surface area (Å²) in [5, 5.41) is 2.60. The third kappa shape index (κ3) is 2.63. The number of sulfonamides is 1. The van der Waals surface area contributed by atoms with Crippen LogP contribution in [0.5, 0.6) is 0 Å². The second-order valence-corrected chi connectivity index (χ2v) is 7.61. The first-order chi connectivity index (χ1) is 9.72. The fourth-order valence-corrected chi connectivity index (χ4v) is 4.48. The zero-order valence-electron chi connectivity index (χ0n) is 12.5. The van der Waals surface area contributed by atoms with Gasteiger partial charge in [0.15, 0.2) is 0 Å². The van der Waals surface area contributed by atoms with Gasteiger partial charge in [-0.2, -0.15) is 4.31 Å². The van der Waals surface area contributed by atoms with Crippen LogP contribution in [0, 0.1) is 12.3 Å². The molecule has 6 nitrogen and oxygen atoms in total. The molecule has 1 fully saturated rings. The number of anilines is 1. The Morgan fingerprint density at radius 2 is 2.10 bits per heavy atom. The van der Waals surface area contributed by atoms with Gasteiger partial charge in [-0.25, -0.2) is 8.42 Å². The Balaban J connectivity index is 2.35. The van der Waals surface area contributed by atoms with Crippen LogP contribution in [0.3, 0.4) is 0 Å². The third-order valence-electron chi connectivity index (χ3n) is 4.16. The van der Waals surface area contributed by atoms with Gasteiger partial charge in [-0.05, 0) is 38.0 Å². The van der Waals surface area contributed by atoms with E-state index in [1.165, 1.54) is 4.31 Å². The fourth-order valence-electron chi connectivity index (χ4n) is 2.66. The van der Waals surface area contributed by atoms with E-state index in [9.17, 15) is 13.2 Å². The van der Waals surface area contributed by atoms with Gasteiger partial charge < -0.3 is 11.1 Å². The molecule has 0 spiro atoms. The minimum absolute atomic E-state index is 0.135. The Kier molecular flexibility index (Phi) is 3.99. The number of benzene rings is 1. The molecule has 0 saturated carbocycles. The third-order valence-corrected chi connectivity index (χ3v) is 6.15. The second-order valence-electron chi connectivity index (χ2n) is 5.70. The van der Waals surface area contributed by atoms with Crippen LogP contribution in [0.2, 0.25) is 0 Å². The number of rotatable bonds is 3. The van der Waals surface area contributed by atoms with Crippen LogP contribution in [0.4, 0.5) is 5.69 Å². The molecule has 1 atom stereocenters. The Morgan fingerprint density at radius 3 is 2.71 bits per heavy atom. The van der Waals surface area contributed by atoms with E-state index >= 15 is 0 Å². The number of nitrogens with two attached hydrogens (primary N) is 1. The highest BCUT2D eigenvalue weighted by molar-refractivity contribution is 7.89. The molecular formula is C14H21N3O3S. The van der Waals surface area contributed by atoms with Gasteiger partial charge in [0.2, 0.25) is 15.9 Å². The van der Waals surface area contributed by atoms with Gasteiger partial charge >= 0.3 is 0 Å². The van der Waals surface area contributed by atoms with Crippen molar-refractivity contribution >= 4 is 21.6 Å². The van der Waals surface area contributed by atoms with Crippen LogP contribution in [0.1, 0.15) is 18.9 Å². The van der Waals surface area contributed by atoms with Crippen LogP contribution in [0.25, 0.3) is 0 Å². The predicted octanol–water partition coefficient (Wildman–Crippen LogP) is 0.724. The zero-order chi connectivity index (χ0) is 15.8. The van der Waals surface area contributed by atoms with Gasteiger partial charge in [-0.1, -0.05) is 6.07 Å². The highest BCUT2D eigenvalue weighted by Crippen LogP contribution is 2.34. The molecule has 1 aliphatic rings. The van der Waals surface area contributed by atoms with Gasteiger partial charge in [0.1, 0.15) is 0 Å². The van der Waals surface area contributed by atoms with Crippen molar-refractivity contribution < 1.29 is 13.2 Å². The maximum Gasteiger partial charge on any atom is 0.243 e. The lowest BCUT2D eigenvalue weighted by atomic mass is 9.89. The largest absolute Gasteiger partial charge is 0.398 e. The molecule has 2 rings (SSSR count). The van der Waals surface area contributed by atoms with E-state index in [4.69, 9.17) is 5.73 Å². The van der Waals surface area contributed by atoms with Gasteiger partial charge in [-0.15, -0.1) is 0 Å². The Morgan fingerprint density at radius 1 is 1.43 bits per heavy atom. The maximum absolute atomic E-state index is 12.7. The van der Waals surface area contributed by atoms with Gasteiger partial charge in [0.05, 0.1) is 10.3 Å². The van der Waals surface area contributed by atoms with Crippen molar-refractivity contribution in [2.75, 3.05) is 25.9 Å². The molecule has 1 saturated heterocycles. The molecule has 7 heteroatoms. The summed E-state index contributed by atoms with van der Waals surface area (Å²) in [5.41, 5.74) is 6.10. The van der Waals surface area contributed by atoms with E-state index in [2.05, 4.69) is 5.32 Å². The number of carbonyl (C=O) groups is 1. The van der Waals surface area contributed by atoms with E-state index in [-0.39, 0.29) is 17.3 Å². The molecule has 0 aromatic heterocycles. The predicted molar refractivity (Wildman–Crippen MR) is 81.1 cm³/mol. The lowest BCUT2D eigenvalue weighted by Gasteiger charge is -2.23. The van der Waals surface area contributed by atoms with Crippen molar-refractivity contribution in [3.05, 3.63) is 23.8 Å². The lowest BCUT2D eigenvalue weighted by Crippen LogP contribution is -2.40. The molecule has 1 aliphatic heterocycles. The van der Waals surface area contributed by atoms with Crippen molar-refractivity contribution in [3.8, 4) is 0 Å². The molecule has 116 valence electrons. The smallest absolute Gasteiger partial charge is 0.243 e. The van der Waals surface area contributed by atoms with Crippen LogP contribution in [-0.4, -0.2) is 38.8 Å². The van der Waals surface area contributed by atoms with Gasteiger partial charge in [0, 0.05) is 25.8 Å². The molecule has 1 heterocycles. The van der Waals surface area contributed by atoms with E-state index in [1.54, 1.807) is 39.1 Å². The standard InChI is InChI=1S/C14H21N3O3S/c1-10-11(15)5-4-6-12(10)21(19,20)17-8-7-14(2,9-17)13(18)16-3/h4-6H,7-9,15H2,1-3H3,(H,16,18). The summed E-state index contributed by atoms with van der Waals surface area (Å²) in [4.78, 5) is 12.1. The Bertz CT molecular complexity index is 672. The number of nitrogens with zero attached hydrogens (tertiary/aromatic N) is 1. The Labute approximate surface area is 125 Å². The highest BCUT2D eigenvalue weighted by Gasteiger charge is 2.44. The van der Waals surface area contributed by atoms with Crippen LogP contribution in [-0.2, 0) is 14.8 Å². The summed E-state index contributed by atoms with van der Waals surface area (Å²) < 4.78 is 26.9.